The van der Waals surface area contributed by atoms with Crippen molar-refractivity contribution < 1.29 is 14.3 Å². The molecular formula is C15H18ClNO3. The van der Waals surface area contributed by atoms with Gasteiger partial charge in [0.2, 0.25) is 0 Å². The third-order valence-corrected chi connectivity index (χ3v) is 3.11. The van der Waals surface area contributed by atoms with Gasteiger partial charge in [-0.05, 0) is 34.5 Å². The average Bonchev–Trinajstić information content (AvgIpc) is 2.45. The third-order valence-electron chi connectivity index (χ3n) is 3.11. The molecule has 0 amide bonds. The Morgan fingerprint density at radius 2 is 1.80 bits per heavy atom. The van der Waals surface area contributed by atoms with Crippen LogP contribution < -0.4 is 10.5 Å². The van der Waals surface area contributed by atoms with Crippen LogP contribution in [0.5, 0.6) is 5.75 Å². The maximum atomic E-state index is 11.2. The maximum absolute atomic E-state index is 11.2. The fourth-order valence-electron chi connectivity index (χ4n) is 1.98. The quantitative estimate of drug-likeness (QED) is 0.881. The molecule has 0 aliphatic heterocycles. The van der Waals surface area contributed by atoms with Crippen LogP contribution in [0.2, 0.25) is 0 Å². The first-order chi connectivity index (χ1) is 9.13. The summed E-state index contributed by atoms with van der Waals surface area (Å²) in [5.74, 6) is 0.515. The van der Waals surface area contributed by atoms with Gasteiger partial charge in [0.15, 0.2) is 0 Å². The molecule has 1 atom stereocenters. The van der Waals surface area contributed by atoms with Crippen LogP contribution in [0.25, 0.3) is 10.8 Å². The monoisotopic (exact) mass is 295 g/mol. The number of methoxy groups -OCH3 is 2. The van der Waals surface area contributed by atoms with E-state index in [-0.39, 0.29) is 30.8 Å². The first-order valence-corrected chi connectivity index (χ1v) is 6.04. The van der Waals surface area contributed by atoms with Crippen LogP contribution in [-0.2, 0) is 9.53 Å². The highest BCUT2D eigenvalue weighted by atomic mass is 35.5. The Hall–Kier alpha value is -1.78. The van der Waals surface area contributed by atoms with Crippen LogP contribution in [0.4, 0.5) is 0 Å². The molecule has 0 unspecified atom stereocenters. The Morgan fingerprint density at radius 1 is 1.15 bits per heavy atom. The molecule has 0 heterocycles. The van der Waals surface area contributed by atoms with Gasteiger partial charge >= 0.3 is 5.97 Å². The van der Waals surface area contributed by atoms with Gasteiger partial charge in [-0.1, -0.05) is 18.2 Å². The van der Waals surface area contributed by atoms with Gasteiger partial charge in [0, 0.05) is 6.04 Å². The van der Waals surface area contributed by atoms with Crippen molar-refractivity contribution in [2.75, 3.05) is 14.2 Å². The van der Waals surface area contributed by atoms with Crippen molar-refractivity contribution in [3.8, 4) is 5.75 Å². The van der Waals surface area contributed by atoms with Crippen molar-refractivity contribution >= 4 is 29.1 Å². The number of hydrogen-bond acceptors (Lipinski definition) is 4. The second-order valence-electron chi connectivity index (χ2n) is 4.36. The van der Waals surface area contributed by atoms with Crippen LogP contribution in [0.1, 0.15) is 18.0 Å². The molecule has 2 N–H and O–H groups in total. The van der Waals surface area contributed by atoms with Gasteiger partial charge in [-0.3, -0.25) is 4.79 Å². The lowest BCUT2D eigenvalue weighted by Crippen LogP contribution is -2.16. The topological polar surface area (TPSA) is 61.5 Å². The van der Waals surface area contributed by atoms with E-state index in [2.05, 4.69) is 4.74 Å². The number of esters is 1. The van der Waals surface area contributed by atoms with Crippen molar-refractivity contribution in [2.45, 2.75) is 12.5 Å². The third kappa shape index (κ3) is 3.62. The molecular weight excluding hydrogens is 278 g/mol. The lowest BCUT2D eigenvalue weighted by Gasteiger charge is -2.12. The van der Waals surface area contributed by atoms with E-state index in [9.17, 15) is 4.79 Å². The summed E-state index contributed by atoms with van der Waals surface area (Å²) in [5, 5.41) is 2.15. The molecule has 0 aliphatic rings. The lowest BCUT2D eigenvalue weighted by molar-refractivity contribution is -0.141. The molecule has 0 radical (unpaired) electrons. The van der Waals surface area contributed by atoms with Gasteiger partial charge < -0.3 is 15.2 Å². The van der Waals surface area contributed by atoms with Crippen LogP contribution >= 0.6 is 12.4 Å². The molecule has 0 saturated carbocycles. The highest BCUT2D eigenvalue weighted by Gasteiger charge is 2.12. The number of hydrogen-bond donors (Lipinski definition) is 1. The van der Waals surface area contributed by atoms with Gasteiger partial charge in [0.05, 0.1) is 20.6 Å². The summed E-state index contributed by atoms with van der Waals surface area (Å²) in [7, 11) is 3.00. The number of fused-ring (bicyclic) bond motifs is 1. The summed E-state index contributed by atoms with van der Waals surface area (Å²) in [6.07, 6.45) is 0.179. The van der Waals surface area contributed by atoms with E-state index in [1.54, 1.807) is 7.11 Å². The number of benzene rings is 2. The molecule has 4 nitrogen and oxygen atoms in total. The minimum Gasteiger partial charge on any atom is -0.497 e. The number of nitrogens with two attached hydrogens (primary N) is 1. The van der Waals surface area contributed by atoms with Crippen LogP contribution in [0.3, 0.4) is 0 Å². The minimum absolute atomic E-state index is 0. The molecule has 5 heteroatoms. The van der Waals surface area contributed by atoms with Gasteiger partial charge in [-0.15, -0.1) is 12.4 Å². The fraction of sp³-hybridized carbons (Fsp3) is 0.267. The molecule has 108 valence electrons. The summed E-state index contributed by atoms with van der Waals surface area (Å²) < 4.78 is 9.81. The van der Waals surface area contributed by atoms with Gasteiger partial charge in [0.25, 0.3) is 0 Å². The molecule has 0 saturated heterocycles. The molecule has 0 spiro atoms. The first-order valence-electron chi connectivity index (χ1n) is 6.04. The zero-order valence-corrected chi connectivity index (χ0v) is 12.3. The van der Waals surface area contributed by atoms with Crippen molar-refractivity contribution in [2.24, 2.45) is 5.73 Å². The number of ether oxygens (including phenoxy) is 2. The molecule has 20 heavy (non-hydrogen) atoms. The van der Waals surface area contributed by atoms with Crippen molar-refractivity contribution in [3.05, 3.63) is 42.0 Å². The Balaban J connectivity index is 0.00000200. The molecule has 2 aromatic carbocycles. The smallest absolute Gasteiger partial charge is 0.307 e. The molecule has 0 aliphatic carbocycles. The molecule has 0 fully saturated rings. The van der Waals surface area contributed by atoms with Crippen LogP contribution in [0.15, 0.2) is 36.4 Å². The normalized spacial score (nSPS) is 11.6. The second-order valence-corrected chi connectivity index (χ2v) is 4.36. The second kappa shape index (κ2) is 7.12. The Labute approximate surface area is 124 Å². The summed E-state index contributed by atoms with van der Waals surface area (Å²) in [6, 6.07) is 11.4. The van der Waals surface area contributed by atoms with Crippen LogP contribution in [0, 0.1) is 0 Å². The summed E-state index contributed by atoms with van der Waals surface area (Å²) in [4.78, 5) is 11.2. The predicted molar refractivity (Wildman–Crippen MR) is 81.3 cm³/mol. The average molecular weight is 296 g/mol. The van der Waals surface area contributed by atoms with E-state index in [4.69, 9.17) is 10.5 Å². The Kier molecular flexibility index (Phi) is 5.80. The van der Waals surface area contributed by atoms with E-state index in [1.807, 2.05) is 36.4 Å². The predicted octanol–water partition coefficient (Wildman–Crippen LogP) is 2.83. The largest absolute Gasteiger partial charge is 0.497 e. The van der Waals surface area contributed by atoms with Crippen molar-refractivity contribution in [1.29, 1.82) is 0 Å². The van der Waals surface area contributed by atoms with Gasteiger partial charge in [-0.25, -0.2) is 0 Å². The number of rotatable bonds is 4. The van der Waals surface area contributed by atoms with E-state index >= 15 is 0 Å². The molecule has 2 aromatic rings. The summed E-state index contributed by atoms with van der Waals surface area (Å²) >= 11 is 0. The molecule has 0 aromatic heterocycles. The summed E-state index contributed by atoms with van der Waals surface area (Å²) in [6.45, 7) is 0. The lowest BCUT2D eigenvalue weighted by atomic mass is 10.0. The summed E-state index contributed by atoms with van der Waals surface area (Å²) in [5.41, 5.74) is 6.91. The first kappa shape index (κ1) is 16.3. The highest BCUT2D eigenvalue weighted by Crippen LogP contribution is 2.24. The maximum Gasteiger partial charge on any atom is 0.307 e. The van der Waals surface area contributed by atoms with Gasteiger partial charge in [0.1, 0.15) is 5.75 Å². The van der Waals surface area contributed by atoms with E-state index < -0.39 is 0 Å². The fourth-order valence-corrected chi connectivity index (χ4v) is 1.98. The van der Waals surface area contributed by atoms with E-state index in [1.165, 1.54) is 7.11 Å². The Morgan fingerprint density at radius 3 is 2.45 bits per heavy atom. The van der Waals surface area contributed by atoms with Gasteiger partial charge in [-0.2, -0.15) is 0 Å². The number of carbonyl (C=O) groups is 1. The van der Waals surface area contributed by atoms with E-state index in [0.717, 1.165) is 22.1 Å². The standard InChI is InChI=1S/C15H17NO3.ClH/c1-18-13-6-5-10-7-12(4-3-11(10)8-13)14(16)9-15(17)19-2;/h3-8,14H,9,16H2,1-2H3;1H/t14-;/m0./s1. The van der Waals surface area contributed by atoms with Crippen LogP contribution in [-0.4, -0.2) is 20.2 Å². The van der Waals surface area contributed by atoms with Crippen molar-refractivity contribution in [1.82, 2.24) is 0 Å². The highest BCUT2D eigenvalue weighted by molar-refractivity contribution is 5.85. The van der Waals surface area contributed by atoms with E-state index in [0.29, 0.717) is 0 Å². The molecule has 2 rings (SSSR count). The van der Waals surface area contributed by atoms with Crippen molar-refractivity contribution in [3.63, 3.8) is 0 Å². The zero-order chi connectivity index (χ0) is 13.8. The zero-order valence-electron chi connectivity index (χ0n) is 11.5. The number of carbonyl (C=O) groups excluding carboxylic acids is 1. The Bertz CT molecular complexity index is 601. The SMILES string of the molecule is COC(=O)C[C@H](N)c1ccc2cc(OC)ccc2c1.Cl. The number of halogens is 1. The minimum atomic E-state index is -0.348. The molecule has 0 bridgehead atoms.